The van der Waals surface area contributed by atoms with Gasteiger partial charge >= 0.3 is 12.1 Å². The Kier molecular flexibility index (Phi) is 6.30. The molecule has 0 saturated carbocycles. The quantitative estimate of drug-likeness (QED) is 0.741. The van der Waals surface area contributed by atoms with Gasteiger partial charge in [0.15, 0.2) is 0 Å². The number of methoxy groups -OCH3 is 1. The number of hydrogen-bond donors (Lipinski definition) is 0. The normalized spacial score (nSPS) is 18.4. The van der Waals surface area contributed by atoms with Crippen LogP contribution in [0, 0.1) is 0 Å². The highest BCUT2D eigenvalue weighted by Crippen LogP contribution is 2.31. The average Bonchev–Trinajstić information content (AvgIpc) is 2.78. The lowest BCUT2D eigenvalue weighted by molar-refractivity contribution is 0.0118. The van der Waals surface area contributed by atoms with Crippen molar-refractivity contribution in [2.75, 3.05) is 26.9 Å². The summed E-state index contributed by atoms with van der Waals surface area (Å²) in [6, 6.07) is 4.52. The minimum Gasteiger partial charge on any atom is -0.465 e. The highest BCUT2D eigenvalue weighted by atomic mass is 35.5. The zero-order valence-electron chi connectivity index (χ0n) is 15.0. The van der Waals surface area contributed by atoms with Gasteiger partial charge in [0.1, 0.15) is 5.60 Å². The van der Waals surface area contributed by atoms with Gasteiger partial charge in [0.2, 0.25) is 0 Å². The van der Waals surface area contributed by atoms with Crippen LogP contribution in [0.15, 0.2) is 18.2 Å². The standard InChI is InChI=1S/C18H24ClNO5/c1-18(2,3)25-17(22)20-8-5-9-24-11-15(20)13-7-6-12(10-14(13)19)16(21)23-4/h6-7,10,15H,5,8-9,11H2,1-4H3/t15-/m0/s1. The zero-order chi connectivity index (χ0) is 18.6. The molecule has 0 radical (unpaired) electrons. The van der Waals surface area contributed by atoms with Crippen LogP contribution in [0.1, 0.15) is 49.2 Å². The number of carbonyl (C=O) groups excluding carboxylic acids is 2. The van der Waals surface area contributed by atoms with E-state index in [-0.39, 0.29) is 6.04 Å². The molecule has 1 fully saturated rings. The van der Waals surface area contributed by atoms with Crippen LogP contribution in [0.5, 0.6) is 0 Å². The highest BCUT2D eigenvalue weighted by Gasteiger charge is 2.32. The molecule has 25 heavy (non-hydrogen) atoms. The zero-order valence-corrected chi connectivity index (χ0v) is 15.8. The summed E-state index contributed by atoms with van der Waals surface area (Å²) >= 11 is 6.38. The third-order valence-electron chi connectivity index (χ3n) is 3.75. The summed E-state index contributed by atoms with van der Waals surface area (Å²) in [6.45, 7) is 6.87. The van der Waals surface area contributed by atoms with Gasteiger partial charge in [-0.2, -0.15) is 0 Å². The van der Waals surface area contributed by atoms with E-state index in [2.05, 4.69) is 0 Å². The summed E-state index contributed by atoms with van der Waals surface area (Å²) in [7, 11) is 1.31. The topological polar surface area (TPSA) is 65.1 Å². The van der Waals surface area contributed by atoms with E-state index in [4.69, 9.17) is 25.8 Å². The van der Waals surface area contributed by atoms with Crippen LogP contribution in [0.3, 0.4) is 0 Å². The molecule has 1 aliphatic heterocycles. The minimum absolute atomic E-state index is 0.316. The van der Waals surface area contributed by atoms with Gasteiger partial charge in [-0.1, -0.05) is 17.7 Å². The van der Waals surface area contributed by atoms with Gasteiger partial charge in [-0.15, -0.1) is 0 Å². The molecule has 7 heteroatoms. The van der Waals surface area contributed by atoms with Crippen molar-refractivity contribution in [3.8, 4) is 0 Å². The molecular formula is C18H24ClNO5. The lowest BCUT2D eigenvalue weighted by Gasteiger charge is -2.32. The number of ether oxygens (including phenoxy) is 3. The Labute approximate surface area is 153 Å². The second-order valence-corrected chi connectivity index (χ2v) is 7.25. The fourth-order valence-electron chi connectivity index (χ4n) is 2.62. The third kappa shape index (κ3) is 5.09. The second kappa shape index (κ2) is 8.06. The fraction of sp³-hybridized carbons (Fsp3) is 0.556. The van der Waals surface area contributed by atoms with Crippen LogP contribution in [0.4, 0.5) is 4.79 Å². The summed E-state index contributed by atoms with van der Waals surface area (Å²) in [4.78, 5) is 25.9. The summed E-state index contributed by atoms with van der Waals surface area (Å²) in [5.41, 5.74) is 0.476. The number of esters is 1. The minimum atomic E-state index is -0.590. The molecule has 1 aliphatic rings. The maximum atomic E-state index is 12.6. The lowest BCUT2D eigenvalue weighted by Crippen LogP contribution is -2.40. The van der Waals surface area contributed by atoms with Gasteiger partial charge in [-0.05, 0) is 44.9 Å². The molecule has 0 aliphatic carbocycles. The lowest BCUT2D eigenvalue weighted by atomic mass is 10.0. The number of hydrogen-bond acceptors (Lipinski definition) is 5. The van der Waals surface area contributed by atoms with Crippen molar-refractivity contribution in [1.29, 1.82) is 0 Å². The maximum Gasteiger partial charge on any atom is 0.410 e. The van der Waals surface area contributed by atoms with E-state index < -0.39 is 17.7 Å². The largest absolute Gasteiger partial charge is 0.465 e. The Morgan fingerprint density at radius 1 is 1.32 bits per heavy atom. The Hall–Kier alpha value is -1.79. The van der Waals surface area contributed by atoms with Crippen LogP contribution < -0.4 is 0 Å². The number of benzene rings is 1. The van der Waals surface area contributed by atoms with Crippen LogP contribution in [0.2, 0.25) is 5.02 Å². The molecule has 1 amide bonds. The first-order valence-electron chi connectivity index (χ1n) is 8.18. The molecule has 1 saturated heterocycles. The monoisotopic (exact) mass is 369 g/mol. The molecule has 1 aromatic rings. The van der Waals surface area contributed by atoms with E-state index in [1.807, 2.05) is 20.8 Å². The van der Waals surface area contributed by atoms with E-state index in [1.165, 1.54) is 7.11 Å². The number of rotatable bonds is 2. The third-order valence-corrected chi connectivity index (χ3v) is 4.08. The number of amides is 1. The van der Waals surface area contributed by atoms with Crippen molar-refractivity contribution < 1.29 is 23.8 Å². The van der Waals surface area contributed by atoms with Crippen molar-refractivity contribution in [2.24, 2.45) is 0 Å². The Morgan fingerprint density at radius 3 is 2.64 bits per heavy atom. The molecule has 1 atom stereocenters. The molecule has 6 nitrogen and oxygen atoms in total. The van der Waals surface area contributed by atoms with Gasteiger partial charge in [-0.25, -0.2) is 9.59 Å². The Balaban J connectivity index is 2.32. The molecule has 0 unspecified atom stereocenters. The summed E-state index contributed by atoms with van der Waals surface area (Å²) in [5.74, 6) is -0.463. The van der Waals surface area contributed by atoms with Crippen LogP contribution >= 0.6 is 11.6 Å². The first-order chi connectivity index (χ1) is 11.7. The number of halogens is 1. The molecule has 0 spiro atoms. The van der Waals surface area contributed by atoms with Gasteiger partial charge in [0.25, 0.3) is 0 Å². The summed E-state index contributed by atoms with van der Waals surface area (Å²) < 4.78 is 15.8. The van der Waals surface area contributed by atoms with Crippen molar-refractivity contribution in [1.82, 2.24) is 4.90 Å². The van der Waals surface area contributed by atoms with E-state index in [1.54, 1.807) is 23.1 Å². The van der Waals surface area contributed by atoms with Crippen LogP contribution in [-0.4, -0.2) is 49.4 Å². The van der Waals surface area contributed by atoms with E-state index in [0.717, 1.165) is 0 Å². The second-order valence-electron chi connectivity index (χ2n) is 6.85. The molecule has 1 heterocycles. The molecule has 138 valence electrons. The van der Waals surface area contributed by atoms with Gasteiger partial charge in [-0.3, -0.25) is 4.90 Å². The Morgan fingerprint density at radius 2 is 2.04 bits per heavy atom. The first-order valence-corrected chi connectivity index (χ1v) is 8.56. The molecule has 1 aromatic carbocycles. The van der Waals surface area contributed by atoms with E-state index in [0.29, 0.717) is 42.3 Å². The van der Waals surface area contributed by atoms with E-state index in [9.17, 15) is 9.59 Å². The van der Waals surface area contributed by atoms with Crippen molar-refractivity contribution in [3.05, 3.63) is 34.3 Å². The average molecular weight is 370 g/mol. The predicted molar refractivity (Wildman–Crippen MR) is 93.9 cm³/mol. The number of carbonyl (C=O) groups is 2. The molecule has 0 N–H and O–H groups in total. The fourth-order valence-corrected chi connectivity index (χ4v) is 2.92. The number of nitrogens with zero attached hydrogens (tertiary/aromatic N) is 1. The first kappa shape index (κ1) is 19.5. The van der Waals surface area contributed by atoms with Crippen LogP contribution in [-0.2, 0) is 14.2 Å². The maximum absolute atomic E-state index is 12.6. The molecule has 0 aromatic heterocycles. The summed E-state index contributed by atoms with van der Waals surface area (Å²) in [6.07, 6.45) is 0.310. The molecule has 2 rings (SSSR count). The Bertz CT molecular complexity index is 641. The van der Waals surface area contributed by atoms with Gasteiger partial charge in [0.05, 0.1) is 25.3 Å². The van der Waals surface area contributed by atoms with Crippen LogP contribution in [0.25, 0.3) is 0 Å². The summed E-state index contributed by atoms with van der Waals surface area (Å²) in [5, 5.41) is 0.381. The molecular weight excluding hydrogens is 346 g/mol. The van der Waals surface area contributed by atoms with Gasteiger partial charge in [0, 0.05) is 18.2 Å². The van der Waals surface area contributed by atoms with Gasteiger partial charge < -0.3 is 14.2 Å². The van der Waals surface area contributed by atoms with E-state index >= 15 is 0 Å². The SMILES string of the molecule is COC(=O)c1ccc([C@@H]2COCCCN2C(=O)OC(C)(C)C)c(Cl)c1. The van der Waals surface area contributed by atoms with Crippen molar-refractivity contribution in [3.63, 3.8) is 0 Å². The van der Waals surface area contributed by atoms with Crippen molar-refractivity contribution in [2.45, 2.75) is 38.8 Å². The smallest absolute Gasteiger partial charge is 0.410 e. The predicted octanol–water partition coefficient (Wildman–Crippen LogP) is 3.83. The highest BCUT2D eigenvalue weighted by molar-refractivity contribution is 6.31. The van der Waals surface area contributed by atoms with Crippen molar-refractivity contribution >= 4 is 23.7 Å². The molecule has 0 bridgehead atoms.